The van der Waals surface area contributed by atoms with E-state index in [2.05, 4.69) is 0 Å². The predicted octanol–water partition coefficient (Wildman–Crippen LogP) is -3.92. The van der Waals surface area contributed by atoms with Crippen LogP contribution in [0.1, 0.15) is 6.92 Å². The third kappa shape index (κ3) is 7.39. The molecular weight excluding hydrogens is 716 g/mol. The van der Waals surface area contributed by atoms with Crippen LogP contribution in [0.15, 0.2) is 45.6 Å². The molecule has 0 aliphatic carbocycles. The molecule has 0 bridgehead atoms. The van der Waals surface area contributed by atoms with Gasteiger partial charge in [-0.1, -0.05) is 0 Å². The molecule has 0 saturated carbocycles. The van der Waals surface area contributed by atoms with Gasteiger partial charge in [-0.15, -0.1) is 0 Å². The summed E-state index contributed by atoms with van der Waals surface area (Å²) in [6.45, 7) is -0.219. The lowest BCUT2D eigenvalue weighted by Gasteiger charge is -2.45. The maximum absolute atomic E-state index is 14.0. The smallest absolute Gasteiger partial charge is 0.239 e. The van der Waals surface area contributed by atoms with Gasteiger partial charge in [-0.2, -0.15) is 0 Å². The number of aliphatic hydroxyl groups excluding tert-OH is 10. The standard InChI is InChI=1S/C33H40O20/c1-10-19(38)22(41)25(44)31(47-10)52-29-17(9-35)51-33(27(46)24(29)43)53-30-21(40)18-14(37)6-13(48-32-26(45)23(42)20(39)16(8-34)50-32)7-15(18)49-28(30)11-2-4-12(36)5-3-11/h2-7,10,16-17,19-20,22-27,29,31-39,41-46H,8-9H2,1H3/t10-,16-,17-,19+,20+,22-,23+,24-,25-,26-,27-,29-,31+,32-,33-/m1/s1. The Hall–Kier alpha value is -3.71. The number of aromatic hydroxyl groups is 2. The van der Waals surface area contributed by atoms with Gasteiger partial charge in [-0.3, -0.25) is 4.79 Å². The van der Waals surface area contributed by atoms with Crippen molar-refractivity contribution in [2.75, 3.05) is 13.2 Å². The second-order valence-electron chi connectivity index (χ2n) is 12.9. The zero-order valence-electron chi connectivity index (χ0n) is 27.7. The Balaban J connectivity index is 1.33. The minimum absolute atomic E-state index is 0.112. The highest BCUT2D eigenvalue weighted by atomic mass is 16.7. The summed E-state index contributed by atoms with van der Waals surface area (Å²) in [6.07, 6.45) is -24.9. The zero-order chi connectivity index (χ0) is 38.5. The van der Waals surface area contributed by atoms with Crippen molar-refractivity contribution in [3.63, 3.8) is 0 Å². The number of ether oxygens (including phenoxy) is 6. The van der Waals surface area contributed by atoms with Crippen molar-refractivity contribution >= 4 is 11.0 Å². The van der Waals surface area contributed by atoms with Crippen LogP contribution in [0.5, 0.6) is 23.0 Å². The summed E-state index contributed by atoms with van der Waals surface area (Å²) in [5, 5.41) is 123. The first-order valence-corrected chi connectivity index (χ1v) is 16.4. The Bertz CT molecular complexity index is 1780. The molecule has 3 aromatic rings. The molecule has 2 aromatic carbocycles. The topological polar surface area (TPSA) is 328 Å². The quantitative estimate of drug-likeness (QED) is 0.0992. The molecule has 3 aliphatic rings. The highest BCUT2D eigenvalue weighted by Crippen LogP contribution is 2.39. The van der Waals surface area contributed by atoms with E-state index in [1.54, 1.807) is 0 Å². The van der Waals surface area contributed by atoms with Gasteiger partial charge in [0, 0.05) is 17.7 Å². The molecular formula is C33H40O20. The Labute approximate surface area is 298 Å². The van der Waals surface area contributed by atoms with E-state index in [1.165, 1.54) is 31.2 Å². The van der Waals surface area contributed by atoms with Gasteiger partial charge in [0.2, 0.25) is 23.8 Å². The summed E-state index contributed by atoms with van der Waals surface area (Å²) in [6, 6.07) is 7.20. The fourth-order valence-corrected chi connectivity index (χ4v) is 6.25. The molecule has 20 heteroatoms. The predicted molar refractivity (Wildman–Crippen MR) is 171 cm³/mol. The van der Waals surface area contributed by atoms with Gasteiger partial charge in [0.05, 0.1) is 19.3 Å². The third-order valence-corrected chi connectivity index (χ3v) is 9.29. The molecule has 292 valence electrons. The van der Waals surface area contributed by atoms with Crippen LogP contribution in [0, 0.1) is 0 Å². The number of phenolic OH excluding ortho intramolecular Hbond substituents is 2. The average Bonchev–Trinajstić information content (AvgIpc) is 3.13. The van der Waals surface area contributed by atoms with Crippen LogP contribution in [-0.4, -0.2) is 167 Å². The lowest BCUT2D eigenvalue weighted by atomic mass is 9.97. The Morgan fingerprint density at radius 3 is 1.91 bits per heavy atom. The first-order valence-electron chi connectivity index (χ1n) is 16.4. The molecule has 0 amide bonds. The molecule has 0 radical (unpaired) electrons. The maximum atomic E-state index is 14.0. The maximum Gasteiger partial charge on any atom is 0.239 e. The van der Waals surface area contributed by atoms with Crippen LogP contribution < -0.4 is 14.9 Å². The van der Waals surface area contributed by atoms with Gasteiger partial charge in [-0.05, 0) is 31.2 Å². The van der Waals surface area contributed by atoms with Crippen molar-refractivity contribution in [3.8, 4) is 34.3 Å². The van der Waals surface area contributed by atoms with Gasteiger partial charge in [-0.25, -0.2) is 0 Å². The lowest BCUT2D eigenvalue weighted by Crippen LogP contribution is -2.64. The number of benzene rings is 2. The minimum atomic E-state index is -2.03. The molecule has 4 heterocycles. The molecule has 0 unspecified atom stereocenters. The van der Waals surface area contributed by atoms with E-state index in [-0.39, 0.29) is 28.4 Å². The van der Waals surface area contributed by atoms with Crippen LogP contribution in [0.4, 0.5) is 0 Å². The van der Waals surface area contributed by atoms with E-state index in [9.17, 15) is 66.1 Å². The normalized spacial score (nSPS) is 37.8. The molecule has 1 aromatic heterocycles. The number of aliphatic hydroxyl groups is 10. The molecule has 3 aliphatic heterocycles. The first kappa shape index (κ1) is 39.0. The number of fused-ring (bicyclic) bond motifs is 1. The van der Waals surface area contributed by atoms with Crippen LogP contribution in [0.2, 0.25) is 0 Å². The SMILES string of the molecule is C[C@H]1O[C@@H](O[C@H]2[C@H](O)[C@@H](O)[C@@H](Oc3c(-c4ccc(O)cc4)oc4cc(O[C@@H]5O[C@H](CO)[C@H](O)[C@H](O)[C@H]5O)cc(O)c4c3=O)O[C@@H]2CO)[C@H](O)[C@H](O)[C@H]1O. The van der Waals surface area contributed by atoms with Crippen molar-refractivity contribution in [2.24, 2.45) is 0 Å². The largest absolute Gasteiger partial charge is 0.508 e. The summed E-state index contributed by atoms with van der Waals surface area (Å²) in [5.41, 5.74) is -1.26. The Morgan fingerprint density at radius 2 is 1.25 bits per heavy atom. The second-order valence-corrected chi connectivity index (χ2v) is 12.9. The number of hydrogen-bond donors (Lipinski definition) is 12. The van der Waals surface area contributed by atoms with Crippen molar-refractivity contribution in [1.82, 2.24) is 0 Å². The van der Waals surface area contributed by atoms with E-state index in [1.807, 2.05) is 0 Å². The summed E-state index contributed by atoms with van der Waals surface area (Å²) in [7, 11) is 0. The molecule has 3 fully saturated rings. The fourth-order valence-electron chi connectivity index (χ4n) is 6.25. The van der Waals surface area contributed by atoms with E-state index in [0.717, 1.165) is 12.1 Å². The van der Waals surface area contributed by atoms with Crippen molar-refractivity contribution in [3.05, 3.63) is 46.6 Å². The average molecular weight is 757 g/mol. The van der Waals surface area contributed by atoms with Gasteiger partial charge >= 0.3 is 0 Å². The lowest BCUT2D eigenvalue weighted by molar-refractivity contribution is -0.349. The van der Waals surface area contributed by atoms with Gasteiger partial charge in [0.25, 0.3) is 0 Å². The molecule has 3 saturated heterocycles. The molecule has 53 heavy (non-hydrogen) atoms. The van der Waals surface area contributed by atoms with E-state index < -0.39 is 128 Å². The molecule has 6 rings (SSSR count). The Kier molecular flexibility index (Phi) is 11.5. The number of phenols is 2. The van der Waals surface area contributed by atoms with Gasteiger partial charge in [0.15, 0.2) is 12.1 Å². The minimum Gasteiger partial charge on any atom is -0.508 e. The summed E-state index contributed by atoms with van der Waals surface area (Å²) >= 11 is 0. The van der Waals surface area contributed by atoms with Gasteiger partial charge < -0.3 is 94.1 Å². The zero-order valence-corrected chi connectivity index (χ0v) is 27.7. The summed E-state index contributed by atoms with van der Waals surface area (Å²) < 4.78 is 39.4. The Morgan fingerprint density at radius 1 is 0.660 bits per heavy atom. The highest BCUT2D eigenvalue weighted by Gasteiger charge is 2.51. The summed E-state index contributed by atoms with van der Waals surface area (Å²) in [4.78, 5) is 14.0. The molecule has 20 nitrogen and oxygen atoms in total. The van der Waals surface area contributed by atoms with Crippen LogP contribution in [-0.2, 0) is 18.9 Å². The second kappa shape index (κ2) is 15.6. The molecule has 15 atom stereocenters. The van der Waals surface area contributed by atoms with E-state index in [4.69, 9.17) is 32.8 Å². The fraction of sp³-hybridized carbons (Fsp3) is 0.545. The van der Waals surface area contributed by atoms with Gasteiger partial charge in [0.1, 0.15) is 95.4 Å². The molecule has 12 N–H and O–H groups in total. The van der Waals surface area contributed by atoms with Crippen LogP contribution in [0.25, 0.3) is 22.3 Å². The first-order chi connectivity index (χ1) is 25.1. The third-order valence-electron chi connectivity index (χ3n) is 9.29. The molecule has 0 spiro atoms. The van der Waals surface area contributed by atoms with E-state index in [0.29, 0.717) is 0 Å². The van der Waals surface area contributed by atoms with E-state index >= 15 is 0 Å². The number of rotatable bonds is 9. The van der Waals surface area contributed by atoms with Crippen molar-refractivity contribution < 1.29 is 94.1 Å². The number of hydrogen-bond acceptors (Lipinski definition) is 20. The summed E-state index contributed by atoms with van der Waals surface area (Å²) in [5.74, 6) is -2.21. The highest BCUT2D eigenvalue weighted by molar-refractivity contribution is 5.88. The van der Waals surface area contributed by atoms with Crippen LogP contribution >= 0.6 is 0 Å². The van der Waals surface area contributed by atoms with Crippen molar-refractivity contribution in [1.29, 1.82) is 0 Å². The monoisotopic (exact) mass is 756 g/mol. The van der Waals surface area contributed by atoms with Crippen molar-refractivity contribution in [2.45, 2.75) is 99.0 Å². The van der Waals surface area contributed by atoms with Crippen LogP contribution in [0.3, 0.4) is 0 Å².